The number of hydrogen-bond donors (Lipinski definition) is 0. The van der Waals surface area contributed by atoms with Gasteiger partial charge in [0.25, 0.3) is 0 Å². The monoisotopic (exact) mass is 366 g/mol. The highest BCUT2D eigenvalue weighted by Gasteiger charge is 2.42. The van der Waals surface area contributed by atoms with Crippen LogP contribution in [-0.2, 0) is 12.8 Å². The van der Waals surface area contributed by atoms with E-state index in [0.29, 0.717) is 11.8 Å². The Hall–Kier alpha value is -1.86. The van der Waals surface area contributed by atoms with Crippen LogP contribution in [0.15, 0.2) is 72.8 Å². The number of benzene rings is 2. The van der Waals surface area contributed by atoms with Gasteiger partial charge in [-0.3, -0.25) is 0 Å². The molecule has 2 aromatic carbocycles. The predicted molar refractivity (Wildman–Crippen MR) is 114 cm³/mol. The topological polar surface area (TPSA) is 0 Å². The van der Waals surface area contributed by atoms with Gasteiger partial charge in [0.2, 0.25) is 0 Å². The second-order valence-corrected chi connectivity index (χ2v) is 10.7. The lowest BCUT2D eigenvalue weighted by molar-refractivity contribution is 0.423. The largest absolute Gasteiger partial charge is 0.0879 e. The Labute approximate surface area is 165 Å². The third-order valence-electron chi connectivity index (χ3n) is 7.59. The van der Waals surface area contributed by atoms with Gasteiger partial charge in [0, 0.05) is 21.4 Å². The number of hydrogen-bond acceptors (Lipinski definition) is 0. The van der Waals surface area contributed by atoms with Crippen molar-refractivity contribution in [1.29, 1.82) is 0 Å². The summed E-state index contributed by atoms with van der Waals surface area (Å²) in [7, 11) is 1.11. The van der Waals surface area contributed by atoms with Crippen molar-refractivity contribution in [2.75, 3.05) is 0 Å². The van der Waals surface area contributed by atoms with E-state index in [-0.39, 0.29) is 0 Å². The Morgan fingerprint density at radius 2 is 1.11 bits per heavy atom. The fourth-order valence-corrected chi connectivity index (χ4v) is 8.58. The first-order valence-electron chi connectivity index (χ1n) is 10.6. The number of rotatable bonds is 2. The first-order valence-corrected chi connectivity index (χ1v) is 11.8. The summed E-state index contributed by atoms with van der Waals surface area (Å²) in [5, 5.41) is 0. The SMILES string of the molecule is C1=CC2c3ccccc3CC2C([Si]C2CC=CC3c4ccccc4CC23)C1. The van der Waals surface area contributed by atoms with Crippen molar-refractivity contribution in [3.05, 3.63) is 95.1 Å². The Morgan fingerprint density at radius 3 is 1.63 bits per heavy atom. The van der Waals surface area contributed by atoms with Gasteiger partial charge in [0.05, 0.1) is 0 Å². The van der Waals surface area contributed by atoms with Gasteiger partial charge in [-0.15, -0.1) is 0 Å². The van der Waals surface area contributed by atoms with Crippen LogP contribution in [0.3, 0.4) is 0 Å². The lowest BCUT2D eigenvalue weighted by atomic mass is 9.83. The Bertz CT molecular complexity index is 848. The summed E-state index contributed by atoms with van der Waals surface area (Å²) < 4.78 is 0. The number of allylic oxidation sites excluding steroid dienone is 4. The van der Waals surface area contributed by atoms with Gasteiger partial charge in [0.15, 0.2) is 0 Å². The fraction of sp³-hybridized carbons (Fsp3) is 0.385. The average Bonchev–Trinajstić information content (AvgIpc) is 3.28. The zero-order valence-corrected chi connectivity index (χ0v) is 16.7. The highest BCUT2D eigenvalue weighted by Crippen LogP contribution is 2.53. The Kier molecular flexibility index (Phi) is 3.79. The van der Waals surface area contributed by atoms with Gasteiger partial charge in [-0.2, -0.15) is 0 Å². The minimum atomic E-state index is 0.683. The molecule has 0 nitrogen and oxygen atoms in total. The minimum absolute atomic E-state index is 0.683. The van der Waals surface area contributed by atoms with Gasteiger partial charge in [-0.1, -0.05) is 72.8 Å². The molecule has 0 saturated carbocycles. The maximum atomic E-state index is 2.52. The summed E-state index contributed by atoms with van der Waals surface area (Å²) >= 11 is 0. The van der Waals surface area contributed by atoms with Crippen LogP contribution in [-0.4, -0.2) is 9.52 Å². The van der Waals surface area contributed by atoms with Crippen LogP contribution in [0.5, 0.6) is 0 Å². The van der Waals surface area contributed by atoms with E-state index < -0.39 is 0 Å². The molecule has 0 heterocycles. The molecule has 0 saturated heterocycles. The summed E-state index contributed by atoms with van der Waals surface area (Å²) in [5.74, 6) is 3.06. The lowest BCUT2D eigenvalue weighted by Crippen LogP contribution is -2.29. The van der Waals surface area contributed by atoms with Crippen LogP contribution in [0.25, 0.3) is 0 Å². The maximum absolute atomic E-state index is 2.52. The summed E-state index contributed by atoms with van der Waals surface area (Å²) in [6.45, 7) is 0. The summed E-state index contributed by atoms with van der Waals surface area (Å²) in [6.07, 6.45) is 15.3. The standard InChI is InChI=1S/C26H26Si/c1-3-9-19-17(7-1)15-23-21(19)11-5-13-25(23)27-26-14-6-12-22-20-10-4-2-8-18(20)16-24(22)26/h1-12,21-26H,13-16H2. The maximum Gasteiger partial charge on any atom is 0.0461 e. The van der Waals surface area contributed by atoms with Crippen molar-refractivity contribution in [2.45, 2.75) is 48.6 Å². The molecule has 2 aromatic rings. The van der Waals surface area contributed by atoms with Crippen LogP contribution >= 0.6 is 0 Å². The molecule has 6 atom stereocenters. The van der Waals surface area contributed by atoms with E-state index in [9.17, 15) is 0 Å². The molecule has 134 valence electrons. The highest BCUT2D eigenvalue weighted by atomic mass is 28.2. The second-order valence-electron chi connectivity index (χ2n) is 8.89. The van der Waals surface area contributed by atoms with Gasteiger partial charge < -0.3 is 0 Å². The molecule has 2 radical (unpaired) electrons. The molecule has 0 aliphatic heterocycles. The van der Waals surface area contributed by atoms with Gasteiger partial charge in [0.1, 0.15) is 0 Å². The normalized spacial score (nSPS) is 35.4. The van der Waals surface area contributed by atoms with E-state index >= 15 is 0 Å². The average molecular weight is 367 g/mol. The van der Waals surface area contributed by atoms with E-state index in [4.69, 9.17) is 0 Å². The van der Waals surface area contributed by atoms with Crippen LogP contribution in [0.2, 0.25) is 11.1 Å². The van der Waals surface area contributed by atoms with Gasteiger partial charge in [-0.25, -0.2) is 0 Å². The summed E-state index contributed by atoms with van der Waals surface area (Å²) in [4.78, 5) is 0. The molecular formula is C26H26Si. The molecule has 0 fully saturated rings. The molecule has 0 spiro atoms. The van der Waals surface area contributed by atoms with Crippen molar-refractivity contribution >= 4 is 9.52 Å². The van der Waals surface area contributed by atoms with Crippen molar-refractivity contribution in [3.63, 3.8) is 0 Å². The van der Waals surface area contributed by atoms with E-state index in [1.807, 2.05) is 0 Å². The molecule has 0 amide bonds. The lowest BCUT2D eigenvalue weighted by Gasteiger charge is -2.37. The zero-order valence-electron chi connectivity index (χ0n) is 15.7. The fourth-order valence-electron chi connectivity index (χ4n) is 6.34. The van der Waals surface area contributed by atoms with E-state index in [0.717, 1.165) is 32.4 Å². The molecule has 6 rings (SSSR count). The zero-order chi connectivity index (χ0) is 17.8. The summed E-state index contributed by atoms with van der Waals surface area (Å²) in [6, 6.07) is 18.4. The van der Waals surface area contributed by atoms with Crippen LogP contribution < -0.4 is 0 Å². The molecule has 27 heavy (non-hydrogen) atoms. The molecule has 0 N–H and O–H groups in total. The molecule has 6 unspecified atom stereocenters. The van der Waals surface area contributed by atoms with Crippen molar-refractivity contribution in [2.24, 2.45) is 11.8 Å². The quantitative estimate of drug-likeness (QED) is 0.445. The highest BCUT2D eigenvalue weighted by molar-refractivity contribution is 6.40. The van der Waals surface area contributed by atoms with Crippen LogP contribution in [0.1, 0.15) is 46.9 Å². The third kappa shape index (κ3) is 2.55. The van der Waals surface area contributed by atoms with Gasteiger partial charge >= 0.3 is 0 Å². The van der Waals surface area contributed by atoms with Crippen LogP contribution in [0, 0.1) is 11.8 Å². The predicted octanol–water partition coefficient (Wildman–Crippen LogP) is 6.10. The van der Waals surface area contributed by atoms with Crippen molar-refractivity contribution < 1.29 is 0 Å². The van der Waals surface area contributed by atoms with Crippen molar-refractivity contribution in [3.8, 4) is 0 Å². The van der Waals surface area contributed by atoms with E-state index in [1.165, 1.54) is 25.7 Å². The molecule has 4 aliphatic carbocycles. The Balaban J connectivity index is 1.25. The molecule has 4 aliphatic rings. The molecule has 0 aromatic heterocycles. The number of fused-ring (bicyclic) bond motifs is 6. The van der Waals surface area contributed by atoms with E-state index in [1.54, 1.807) is 22.3 Å². The first kappa shape index (κ1) is 16.1. The minimum Gasteiger partial charge on any atom is -0.0879 e. The smallest absolute Gasteiger partial charge is 0.0461 e. The van der Waals surface area contributed by atoms with Gasteiger partial charge in [-0.05, 0) is 70.9 Å². The first-order chi connectivity index (χ1) is 13.4. The van der Waals surface area contributed by atoms with E-state index in [2.05, 4.69) is 72.8 Å². The van der Waals surface area contributed by atoms with Crippen molar-refractivity contribution in [1.82, 2.24) is 0 Å². The second kappa shape index (κ2) is 6.34. The van der Waals surface area contributed by atoms with Crippen LogP contribution in [0.4, 0.5) is 0 Å². The molecule has 1 heteroatoms. The molecule has 0 bridgehead atoms. The summed E-state index contributed by atoms with van der Waals surface area (Å²) in [5.41, 5.74) is 8.22. The Morgan fingerprint density at radius 1 is 0.630 bits per heavy atom. The molecular weight excluding hydrogens is 340 g/mol. The third-order valence-corrected chi connectivity index (χ3v) is 9.77.